The van der Waals surface area contributed by atoms with Gasteiger partial charge in [0.2, 0.25) is 5.91 Å². The number of hydrogen-bond acceptors (Lipinski definition) is 4. The normalized spacial score (nSPS) is 13.0. The zero-order valence-electron chi connectivity index (χ0n) is 9.25. The van der Waals surface area contributed by atoms with Crippen LogP contribution >= 0.6 is 11.6 Å². The fourth-order valence-electron chi connectivity index (χ4n) is 1.20. The lowest BCUT2D eigenvalue weighted by atomic mass is 10.2. The van der Waals surface area contributed by atoms with Gasteiger partial charge in [-0.2, -0.15) is 0 Å². The van der Waals surface area contributed by atoms with Gasteiger partial charge in [0.05, 0.1) is 15.5 Å². The number of carbonyl (C=O) groups is 2. The Morgan fingerprint density at radius 3 is 2.39 bits per heavy atom. The van der Waals surface area contributed by atoms with Crippen LogP contribution < -0.4 is 5.73 Å². The van der Waals surface area contributed by atoms with Crippen molar-refractivity contribution < 1.29 is 23.1 Å². The minimum absolute atomic E-state index is 0.159. The fraction of sp³-hybridized carbons (Fsp3) is 0.200. The van der Waals surface area contributed by atoms with Gasteiger partial charge >= 0.3 is 5.97 Å². The third kappa shape index (κ3) is 2.62. The van der Waals surface area contributed by atoms with Crippen molar-refractivity contribution in [2.75, 3.05) is 0 Å². The molecule has 1 rings (SSSR count). The smallest absolute Gasteiger partial charge is 0.335 e. The lowest BCUT2D eigenvalue weighted by molar-refractivity contribution is -0.117. The number of rotatable bonds is 4. The van der Waals surface area contributed by atoms with Crippen LogP contribution in [0.4, 0.5) is 0 Å². The molecule has 0 spiro atoms. The number of benzene rings is 1. The van der Waals surface area contributed by atoms with Gasteiger partial charge in [-0.3, -0.25) is 4.79 Å². The Morgan fingerprint density at radius 2 is 1.94 bits per heavy atom. The SMILES string of the molecule is CC(C(N)=O)S(=O)(=O)c1cc(C(=O)O)ccc1Cl. The number of aromatic carboxylic acids is 1. The molecule has 1 aromatic carbocycles. The summed E-state index contributed by atoms with van der Waals surface area (Å²) in [4.78, 5) is 21.3. The van der Waals surface area contributed by atoms with E-state index in [0.717, 1.165) is 19.1 Å². The highest BCUT2D eigenvalue weighted by molar-refractivity contribution is 7.92. The largest absolute Gasteiger partial charge is 0.478 e. The van der Waals surface area contributed by atoms with E-state index in [1.807, 2.05) is 0 Å². The third-order valence-corrected chi connectivity index (χ3v) is 4.91. The zero-order chi connectivity index (χ0) is 14.1. The molecule has 98 valence electrons. The second-order valence-electron chi connectivity index (χ2n) is 3.54. The number of primary amides is 1. The summed E-state index contributed by atoms with van der Waals surface area (Å²) in [6.45, 7) is 1.11. The van der Waals surface area contributed by atoms with Crippen LogP contribution in [0.15, 0.2) is 23.1 Å². The van der Waals surface area contributed by atoms with Crippen LogP contribution in [0.1, 0.15) is 17.3 Å². The molecule has 0 aromatic heterocycles. The maximum Gasteiger partial charge on any atom is 0.335 e. The zero-order valence-corrected chi connectivity index (χ0v) is 10.8. The highest BCUT2D eigenvalue weighted by Gasteiger charge is 2.30. The van der Waals surface area contributed by atoms with Gasteiger partial charge in [0.25, 0.3) is 0 Å². The Kier molecular flexibility index (Phi) is 3.98. The summed E-state index contributed by atoms with van der Waals surface area (Å²) in [6, 6.07) is 3.21. The minimum Gasteiger partial charge on any atom is -0.478 e. The van der Waals surface area contributed by atoms with Crippen LogP contribution in [0, 0.1) is 0 Å². The number of hydrogen-bond donors (Lipinski definition) is 2. The number of amides is 1. The van der Waals surface area contributed by atoms with E-state index in [1.54, 1.807) is 0 Å². The van der Waals surface area contributed by atoms with E-state index in [9.17, 15) is 18.0 Å². The van der Waals surface area contributed by atoms with Crippen molar-refractivity contribution in [3.8, 4) is 0 Å². The molecule has 0 aliphatic carbocycles. The van der Waals surface area contributed by atoms with Crippen molar-refractivity contribution in [3.05, 3.63) is 28.8 Å². The highest BCUT2D eigenvalue weighted by Crippen LogP contribution is 2.26. The monoisotopic (exact) mass is 291 g/mol. The molecule has 0 aliphatic heterocycles. The number of carboxylic acid groups (broad SMARTS) is 1. The van der Waals surface area contributed by atoms with Crippen LogP contribution in [-0.2, 0) is 14.6 Å². The second kappa shape index (κ2) is 4.95. The Bertz CT molecular complexity index is 611. The van der Waals surface area contributed by atoms with Gasteiger partial charge in [0.15, 0.2) is 9.84 Å². The summed E-state index contributed by atoms with van der Waals surface area (Å²) >= 11 is 5.71. The molecule has 1 unspecified atom stereocenters. The summed E-state index contributed by atoms with van der Waals surface area (Å²) in [5, 5.41) is 7.14. The van der Waals surface area contributed by atoms with E-state index in [-0.39, 0.29) is 10.6 Å². The predicted molar refractivity (Wildman–Crippen MR) is 64.3 cm³/mol. The molecule has 0 aliphatic rings. The molecule has 0 saturated carbocycles. The Hall–Kier alpha value is -1.60. The standard InChI is InChI=1S/C10H10ClNO5S/c1-5(9(12)13)18(16,17)8-4-6(10(14)15)2-3-7(8)11/h2-5H,1H3,(H2,12,13)(H,14,15). The first-order valence-electron chi connectivity index (χ1n) is 4.74. The Morgan fingerprint density at radius 1 is 1.39 bits per heavy atom. The number of nitrogens with two attached hydrogens (primary N) is 1. The molecule has 1 aromatic rings. The molecule has 8 heteroatoms. The summed E-state index contributed by atoms with van der Waals surface area (Å²) in [5.74, 6) is -2.33. The van der Waals surface area contributed by atoms with Crippen molar-refractivity contribution >= 4 is 33.3 Å². The average molecular weight is 292 g/mol. The van der Waals surface area contributed by atoms with E-state index in [2.05, 4.69) is 0 Å². The molecule has 1 atom stereocenters. The molecule has 0 saturated heterocycles. The van der Waals surface area contributed by atoms with E-state index in [0.29, 0.717) is 0 Å². The molecule has 3 N–H and O–H groups in total. The third-order valence-electron chi connectivity index (χ3n) is 2.35. The average Bonchev–Trinajstić information content (AvgIpc) is 2.27. The molecule has 0 fully saturated rings. The number of halogens is 1. The molecule has 1 amide bonds. The molecule has 18 heavy (non-hydrogen) atoms. The van der Waals surface area contributed by atoms with Gasteiger partial charge in [-0.25, -0.2) is 13.2 Å². The lowest BCUT2D eigenvalue weighted by Gasteiger charge is -2.11. The van der Waals surface area contributed by atoms with Crippen molar-refractivity contribution in [2.45, 2.75) is 17.1 Å². The van der Waals surface area contributed by atoms with E-state index < -0.39 is 31.9 Å². The van der Waals surface area contributed by atoms with Crippen LogP contribution in [0.2, 0.25) is 5.02 Å². The van der Waals surface area contributed by atoms with Crippen molar-refractivity contribution in [1.82, 2.24) is 0 Å². The first-order valence-corrected chi connectivity index (χ1v) is 6.66. The number of carbonyl (C=O) groups excluding carboxylic acids is 1. The van der Waals surface area contributed by atoms with Crippen LogP contribution in [-0.4, -0.2) is 30.7 Å². The lowest BCUT2D eigenvalue weighted by Crippen LogP contribution is -2.33. The highest BCUT2D eigenvalue weighted by atomic mass is 35.5. The predicted octanol–water partition coefficient (Wildman–Crippen LogP) is 0.686. The summed E-state index contributed by atoms with van der Waals surface area (Å²) in [7, 11) is -4.09. The van der Waals surface area contributed by atoms with Gasteiger partial charge in [-0.1, -0.05) is 11.6 Å². The first kappa shape index (κ1) is 14.5. The van der Waals surface area contributed by atoms with Gasteiger partial charge < -0.3 is 10.8 Å². The Labute approximate surface area is 108 Å². The Balaban J connectivity index is 3.45. The summed E-state index contributed by atoms with van der Waals surface area (Å²) in [6.07, 6.45) is 0. The molecular formula is C10H10ClNO5S. The van der Waals surface area contributed by atoms with Crippen LogP contribution in [0.5, 0.6) is 0 Å². The van der Waals surface area contributed by atoms with Crippen LogP contribution in [0.25, 0.3) is 0 Å². The number of carboxylic acids is 1. The maximum absolute atomic E-state index is 12.0. The second-order valence-corrected chi connectivity index (χ2v) is 6.18. The van der Waals surface area contributed by atoms with E-state index in [1.165, 1.54) is 6.07 Å². The molecule has 0 heterocycles. The first-order chi connectivity index (χ1) is 8.17. The van der Waals surface area contributed by atoms with Gasteiger partial charge in [-0.15, -0.1) is 0 Å². The quantitative estimate of drug-likeness (QED) is 0.847. The van der Waals surface area contributed by atoms with Crippen LogP contribution in [0.3, 0.4) is 0 Å². The molecular weight excluding hydrogens is 282 g/mol. The van der Waals surface area contributed by atoms with E-state index in [4.69, 9.17) is 22.4 Å². The molecule has 0 bridgehead atoms. The minimum atomic E-state index is -4.09. The fourth-order valence-corrected chi connectivity index (χ4v) is 2.96. The topological polar surface area (TPSA) is 115 Å². The van der Waals surface area contributed by atoms with Crippen molar-refractivity contribution in [1.29, 1.82) is 0 Å². The van der Waals surface area contributed by atoms with Crippen molar-refractivity contribution in [2.24, 2.45) is 5.73 Å². The van der Waals surface area contributed by atoms with Gasteiger partial charge in [0.1, 0.15) is 5.25 Å². The van der Waals surface area contributed by atoms with E-state index >= 15 is 0 Å². The van der Waals surface area contributed by atoms with Gasteiger partial charge in [0, 0.05) is 0 Å². The number of sulfone groups is 1. The molecule has 0 radical (unpaired) electrons. The van der Waals surface area contributed by atoms with Gasteiger partial charge in [-0.05, 0) is 25.1 Å². The summed E-state index contributed by atoms with van der Waals surface area (Å²) in [5.41, 5.74) is 4.69. The molecule has 6 nitrogen and oxygen atoms in total. The maximum atomic E-state index is 12.0. The summed E-state index contributed by atoms with van der Waals surface area (Å²) < 4.78 is 24.0. The van der Waals surface area contributed by atoms with Crippen molar-refractivity contribution in [3.63, 3.8) is 0 Å².